The van der Waals surface area contributed by atoms with E-state index in [1.165, 1.54) is 0 Å². The number of ether oxygens (including phenoxy) is 1. The number of aryl methyl sites for hydroxylation is 1. The molecule has 0 radical (unpaired) electrons. The molecule has 0 aliphatic carbocycles. The third kappa shape index (κ3) is 6.81. The summed E-state index contributed by atoms with van der Waals surface area (Å²) in [6, 6.07) is 0.433. The van der Waals surface area contributed by atoms with Gasteiger partial charge in [0.25, 0.3) is 0 Å². The standard InChI is InChI=1S/C16H29N5OS.HI/c1-5-17-16(20(4)11-15-12-23-14(3)19-15)18-10-13(2)21-6-8-22-9-7-21;/h12-13H,5-11H2,1-4H3,(H,17,18);1H. The molecule has 1 N–H and O–H groups in total. The lowest BCUT2D eigenvalue weighted by Crippen LogP contribution is -2.44. The summed E-state index contributed by atoms with van der Waals surface area (Å²) in [5, 5.41) is 6.60. The monoisotopic (exact) mass is 467 g/mol. The molecule has 1 aromatic rings. The third-order valence-electron chi connectivity index (χ3n) is 3.94. The average molecular weight is 467 g/mol. The number of hydrogen-bond acceptors (Lipinski definition) is 5. The highest BCUT2D eigenvalue weighted by atomic mass is 127. The Hall–Kier alpha value is -0.450. The lowest BCUT2D eigenvalue weighted by atomic mass is 10.2. The number of rotatable bonds is 6. The summed E-state index contributed by atoms with van der Waals surface area (Å²) < 4.78 is 5.42. The van der Waals surface area contributed by atoms with Crippen molar-refractivity contribution in [1.29, 1.82) is 0 Å². The second-order valence-corrected chi connectivity index (χ2v) is 6.97. The first-order chi connectivity index (χ1) is 11.1. The molecule has 0 amide bonds. The van der Waals surface area contributed by atoms with Crippen LogP contribution in [0.4, 0.5) is 0 Å². The molecule has 24 heavy (non-hydrogen) atoms. The maximum Gasteiger partial charge on any atom is 0.194 e. The molecule has 1 aromatic heterocycles. The lowest BCUT2D eigenvalue weighted by Gasteiger charge is -2.31. The van der Waals surface area contributed by atoms with Crippen molar-refractivity contribution < 1.29 is 4.74 Å². The Morgan fingerprint density at radius 2 is 2.21 bits per heavy atom. The molecule has 8 heteroatoms. The van der Waals surface area contributed by atoms with E-state index in [0.29, 0.717) is 6.04 Å². The summed E-state index contributed by atoms with van der Waals surface area (Å²) in [4.78, 5) is 13.9. The molecular formula is C16H30IN5OS. The Morgan fingerprint density at radius 3 is 2.79 bits per heavy atom. The maximum absolute atomic E-state index is 5.42. The highest BCUT2D eigenvalue weighted by Crippen LogP contribution is 2.10. The minimum Gasteiger partial charge on any atom is -0.379 e. The average Bonchev–Trinajstić information content (AvgIpc) is 2.96. The predicted octanol–water partition coefficient (Wildman–Crippen LogP) is 2.19. The molecule has 138 valence electrons. The number of hydrogen-bond donors (Lipinski definition) is 1. The number of guanidine groups is 1. The van der Waals surface area contributed by atoms with E-state index < -0.39 is 0 Å². The number of morpholine rings is 1. The van der Waals surface area contributed by atoms with Gasteiger partial charge in [-0.3, -0.25) is 9.89 Å². The number of aliphatic imine (C=N–C) groups is 1. The van der Waals surface area contributed by atoms with Gasteiger partial charge >= 0.3 is 0 Å². The molecule has 0 bridgehead atoms. The Balaban J connectivity index is 0.00000288. The SMILES string of the molecule is CCNC(=NCC(C)N1CCOCC1)N(C)Cc1csc(C)n1.I. The van der Waals surface area contributed by atoms with Crippen molar-refractivity contribution in [2.75, 3.05) is 46.4 Å². The molecule has 1 aliphatic rings. The normalized spacial score (nSPS) is 17.2. The number of aromatic nitrogens is 1. The van der Waals surface area contributed by atoms with E-state index in [0.717, 1.165) is 62.6 Å². The van der Waals surface area contributed by atoms with E-state index in [1.54, 1.807) is 11.3 Å². The number of nitrogens with zero attached hydrogens (tertiary/aromatic N) is 4. The first-order valence-electron chi connectivity index (χ1n) is 8.32. The molecule has 1 unspecified atom stereocenters. The van der Waals surface area contributed by atoms with Gasteiger partial charge in [0.2, 0.25) is 0 Å². The van der Waals surface area contributed by atoms with Crippen LogP contribution in [0.1, 0.15) is 24.5 Å². The van der Waals surface area contributed by atoms with E-state index in [9.17, 15) is 0 Å². The van der Waals surface area contributed by atoms with Crippen LogP contribution in [-0.2, 0) is 11.3 Å². The molecule has 6 nitrogen and oxygen atoms in total. The molecule has 1 atom stereocenters. The largest absolute Gasteiger partial charge is 0.379 e. The second kappa shape index (κ2) is 11.2. The van der Waals surface area contributed by atoms with Crippen molar-refractivity contribution in [2.45, 2.75) is 33.4 Å². The zero-order valence-electron chi connectivity index (χ0n) is 15.1. The van der Waals surface area contributed by atoms with Gasteiger partial charge in [0.1, 0.15) is 0 Å². The predicted molar refractivity (Wildman–Crippen MR) is 112 cm³/mol. The molecule has 2 rings (SSSR count). The van der Waals surface area contributed by atoms with Crippen LogP contribution in [0.25, 0.3) is 0 Å². The van der Waals surface area contributed by atoms with Gasteiger partial charge in [0.05, 0.1) is 37.0 Å². The molecule has 1 saturated heterocycles. The molecule has 0 saturated carbocycles. The van der Waals surface area contributed by atoms with E-state index in [1.807, 2.05) is 6.92 Å². The number of nitrogens with one attached hydrogen (secondary N) is 1. The van der Waals surface area contributed by atoms with Gasteiger partial charge in [0, 0.05) is 38.1 Å². The molecule has 0 spiro atoms. The zero-order valence-corrected chi connectivity index (χ0v) is 18.3. The van der Waals surface area contributed by atoms with Crippen LogP contribution in [0, 0.1) is 6.92 Å². The summed E-state index contributed by atoms with van der Waals surface area (Å²) in [5.41, 5.74) is 1.10. The quantitative estimate of drug-likeness (QED) is 0.395. The molecule has 1 aliphatic heterocycles. The smallest absolute Gasteiger partial charge is 0.194 e. The Kier molecular flexibility index (Phi) is 10.1. The van der Waals surface area contributed by atoms with Gasteiger partial charge in [0.15, 0.2) is 5.96 Å². The summed E-state index contributed by atoms with van der Waals surface area (Å²) in [7, 11) is 2.07. The van der Waals surface area contributed by atoms with E-state index >= 15 is 0 Å². The van der Waals surface area contributed by atoms with Crippen molar-refractivity contribution in [1.82, 2.24) is 20.1 Å². The van der Waals surface area contributed by atoms with Crippen LogP contribution >= 0.6 is 35.3 Å². The van der Waals surface area contributed by atoms with Gasteiger partial charge in [-0.2, -0.15) is 0 Å². The maximum atomic E-state index is 5.42. The molecule has 2 heterocycles. The van der Waals surface area contributed by atoms with Crippen molar-refractivity contribution >= 4 is 41.3 Å². The number of halogens is 1. The first kappa shape index (κ1) is 21.6. The van der Waals surface area contributed by atoms with Crippen LogP contribution in [0.15, 0.2) is 10.4 Å². The Bertz CT molecular complexity index is 504. The summed E-state index contributed by atoms with van der Waals surface area (Å²) >= 11 is 1.69. The third-order valence-corrected chi connectivity index (χ3v) is 4.76. The minimum atomic E-state index is 0. The fraction of sp³-hybridized carbons (Fsp3) is 0.750. The fourth-order valence-electron chi connectivity index (χ4n) is 2.62. The van der Waals surface area contributed by atoms with Crippen LogP contribution < -0.4 is 5.32 Å². The Labute approximate surface area is 166 Å². The lowest BCUT2D eigenvalue weighted by molar-refractivity contribution is 0.0220. The highest BCUT2D eigenvalue weighted by molar-refractivity contribution is 14.0. The number of thiazole rings is 1. The fourth-order valence-corrected chi connectivity index (χ4v) is 3.22. The van der Waals surface area contributed by atoms with Crippen LogP contribution in [0.5, 0.6) is 0 Å². The summed E-state index contributed by atoms with van der Waals surface area (Å²) in [6.45, 7) is 12.5. The summed E-state index contributed by atoms with van der Waals surface area (Å²) in [6.07, 6.45) is 0. The van der Waals surface area contributed by atoms with E-state index in [4.69, 9.17) is 9.73 Å². The van der Waals surface area contributed by atoms with E-state index in [-0.39, 0.29) is 24.0 Å². The van der Waals surface area contributed by atoms with Crippen LogP contribution in [0.2, 0.25) is 0 Å². The van der Waals surface area contributed by atoms with Crippen LogP contribution in [-0.4, -0.2) is 73.2 Å². The van der Waals surface area contributed by atoms with Gasteiger partial charge in [-0.1, -0.05) is 0 Å². The second-order valence-electron chi connectivity index (χ2n) is 5.91. The topological polar surface area (TPSA) is 53.0 Å². The first-order valence-corrected chi connectivity index (χ1v) is 9.20. The van der Waals surface area contributed by atoms with Gasteiger partial charge < -0.3 is 15.0 Å². The molecular weight excluding hydrogens is 437 g/mol. The Morgan fingerprint density at radius 1 is 1.50 bits per heavy atom. The highest BCUT2D eigenvalue weighted by Gasteiger charge is 2.17. The van der Waals surface area contributed by atoms with Crippen LogP contribution in [0.3, 0.4) is 0 Å². The van der Waals surface area contributed by atoms with Crippen molar-refractivity contribution in [3.05, 3.63) is 16.1 Å². The van der Waals surface area contributed by atoms with Gasteiger partial charge in [-0.15, -0.1) is 35.3 Å². The molecule has 1 fully saturated rings. The van der Waals surface area contributed by atoms with Crippen molar-refractivity contribution in [3.8, 4) is 0 Å². The minimum absolute atomic E-state index is 0. The zero-order chi connectivity index (χ0) is 16.7. The van der Waals surface area contributed by atoms with Gasteiger partial charge in [-0.25, -0.2) is 4.98 Å². The van der Waals surface area contributed by atoms with Crippen molar-refractivity contribution in [3.63, 3.8) is 0 Å². The van der Waals surface area contributed by atoms with E-state index in [2.05, 4.69) is 46.4 Å². The summed E-state index contributed by atoms with van der Waals surface area (Å²) in [5.74, 6) is 0.943. The van der Waals surface area contributed by atoms with Crippen molar-refractivity contribution in [2.24, 2.45) is 4.99 Å². The van der Waals surface area contributed by atoms with Gasteiger partial charge in [-0.05, 0) is 20.8 Å². The molecule has 0 aromatic carbocycles.